The summed E-state index contributed by atoms with van der Waals surface area (Å²) in [6, 6.07) is 14.6. The van der Waals surface area contributed by atoms with Crippen LogP contribution in [0.1, 0.15) is 35.6 Å². The summed E-state index contributed by atoms with van der Waals surface area (Å²) in [5.41, 5.74) is 3.72. The molecule has 0 radical (unpaired) electrons. The highest BCUT2D eigenvalue weighted by Crippen LogP contribution is 2.37. The molecule has 0 bridgehead atoms. The molecule has 0 spiro atoms. The van der Waals surface area contributed by atoms with E-state index in [1.165, 1.54) is 11.1 Å². The molecule has 1 atom stereocenters. The molecule has 2 aromatic rings. The SMILES string of the molecule is CN(C)CC(=O)N(Cc1ccc2c(c1)OCO2)[C@@H]1CCCc2ccccc21. The van der Waals surface area contributed by atoms with E-state index in [9.17, 15) is 4.79 Å². The summed E-state index contributed by atoms with van der Waals surface area (Å²) >= 11 is 0. The minimum atomic E-state index is 0.118. The first-order chi connectivity index (χ1) is 13.1. The lowest BCUT2D eigenvalue weighted by Gasteiger charge is -2.36. The van der Waals surface area contributed by atoms with Crippen LogP contribution in [0.4, 0.5) is 0 Å². The maximum Gasteiger partial charge on any atom is 0.237 e. The Bertz CT molecular complexity index is 834. The van der Waals surface area contributed by atoms with Crippen molar-refractivity contribution < 1.29 is 14.3 Å². The third-order valence-corrected chi connectivity index (χ3v) is 5.28. The molecule has 0 N–H and O–H groups in total. The number of fused-ring (bicyclic) bond motifs is 2. The normalized spacial score (nSPS) is 17.7. The smallest absolute Gasteiger partial charge is 0.237 e. The molecule has 1 aliphatic carbocycles. The summed E-state index contributed by atoms with van der Waals surface area (Å²) in [5, 5.41) is 0. The fraction of sp³-hybridized carbons (Fsp3) is 0.409. The molecule has 0 unspecified atom stereocenters. The van der Waals surface area contributed by atoms with E-state index in [-0.39, 0.29) is 18.7 Å². The monoisotopic (exact) mass is 366 g/mol. The molecule has 2 aliphatic rings. The minimum Gasteiger partial charge on any atom is -0.454 e. The lowest BCUT2D eigenvalue weighted by Crippen LogP contribution is -2.41. The first-order valence-electron chi connectivity index (χ1n) is 9.52. The van der Waals surface area contributed by atoms with E-state index in [2.05, 4.69) is 24.3 Å². The maximum absolute atomic E-state index is 13.1. The number of nitrogens with zero attached hydrogens (tertiary/aromatic N) is 2. The molecule has 2 aromatic carbocycles. The fourth-order valence-corrected chi connectivity index (χ4v) is 4.02. The summed E-state index contributed by atoms with van der Waals surface area (Å²) in [4.78, 5) is 17.1. The van der Waals surface area contributed by atoms with Crippen molar-refractivity contribution in [3.05, 3.63) is 59.2 Å². The van der Waals surface area contributed by atoms with Crippen LogP contribution in [-0.4, -0.2) is 43.1 Å². The second-order valence-corrected chi connectivity index (χ2v) is 7.55. The summed E-state index contributed by atoms with van der Waals surface area (Å²) in [6.45, 7) is 1.24. The van der Waals surface area contributed by atoms with Gasteiger partial charge in [0.15, 0.2) is 11.5 Å². The average molecular weight is 366 g/mol. The van der Waals surface area contributed by atoms with E-state index in [0.717, 1.165) is 36.3 Å². The highest BCUT2D eigenvalue weighted by Gasteiger charge is 2.29. The lowest BCUT2D eigenvalue weighted by atomic mass is 9.86. The molecular weight excluding hydrogens is 340 g/mol. The van der Waals surface area contributed by atoms with Crippen LogP contribution >= 0.6 is 0 Å². The predicted molar refractivity (Wildman–Crippen MR) is 104 cm³/mol. The highest BCUT2D eigenvalue weighted by atomic mass is 16.7. The van der Waals surface area contributed by atoms with Gasteiger partial charge in [0.05, 0.1) is 12.6 Å². The van der Waals surface area contributed by atoms with Gasteiger partial charge < -0.3 is 19.3 Å². The molecule has 5 heteroatoms. The van der Waals surface area contributed by atoms with Crippen molar-refractivity contribution in [3.63, 3.8) is 0 Å². The highest BCUT2D eigenvalue weighted by molar-refractivity contribution is 5.79. The maximum atomic E-state index is 13.1. The molecule has 0 saturated heterocycles. The van der Waals surface area contributed by atoms with E-state index in [1.807, 2.05) is 42.1 Å². The Kier molecular flexibility index (Phi) is 5.03. The molecule has 1 amide bonds. The Morgan fingerprint density at radius 1 is 1.11 bits per heavy atom. The van der Waals surface area contributed by atoms with E-state index in [4.69, 9.17) is 9.47 Å². The number of hydrogen-bond acceptors (Lipinski definition) is 4. The van der Waals surface area contributed by atoms with Crippen LogP contribution in [0.25, 0.3) is 0 Å². The van der Waals surface area contributed by atoms with Crippen molar-refractivity contribution in [3.8, 4) is 11.5 Å². The number of carbonyl (C=O) groups excluding carboxylic acids is 1. The second-order valence-electron chi connectivity index (χ2n) is 7.55. The quantitative estimate of drug-likeness (QED) is 0.814. The van der Waals surface area contributed by atoms with Crippen molar-refractivity contribution in [1.29, 1.82) is 0 Å². The molecule has 1 heterocycles. The van der Waals surface area contributed by atoms with Crippen LogP contribution in [0, 0.1) is 0 Å². The van der Waals surface area contributed by atoms with Crippen LogP contribution in [0.5, 0.6) is 11.5 Å². The van der Waals surface area contributed by atoms with Gasteiger partial charge in [-0.3, -0.25) is 4.79 Å². The molecule has 5 nitrogen and oxygen atoms in total. The molecule has 0 fully saturated rings. The molecule has 4 rings (SSSR count). The van der Waals surface area contributed by atoms with E-state index >= 15 is 0 Å². The average Bonchev–Trinajstić information content (AvgIpc) is 3.13. The van der Waals surface area contributed by atoms with Gasteiger partial charge in [0, 0.05) is 6.54 Å². The number of aryl methyl sites for hydroxylation is 1. The van der Waals surface area contributed by atoms with Crippen LogP contribution < -0.4 is 9.47 Å². The Hall–Kier alpha value is -2.53. The van der Waals surface area contributed by atoms with Gasteiger partial charge in [-0.05, 0) is 62.2 Å². The van der Waals surface area contributed by atoms with Gasteiger partial charge in [0.25, 0.3) is 0 Å². The van der Waals surface area contributed by atoms with Crippen LogP contribution in [0.3, 0.4) is 0 Å². The van der Waals surface area contributed by atoms with Gasteiger partial charge in [-0.1, -0.05) is 30.3 Å². The Balaban J connectivity index is 1.65. The zero-order chi connectivity index (χ0) is 18.8. The second kappa shape index (κ2) is 7.61. The van der Waals surface area contributed by atoms with E-state index in [0.29, 0.717) is 13.1 Å². The molecule has 27 heavy (non-hydrogen) atoms. The Labute approximate surface area is 160 Å². The van der Waals surface area contributed by atoms with Crippen LogP contribution in [0.2, 0.25) is 0 Å². The largest absolute Gasteiger partial charge is 0.454 e. The first-order valence-corrected chi connectivity index (χ1v) is 9.52. The number of likely N-dealkylation sites (N-methyl/N-ethyl adjacent to an activating group) is 1. The van der Waals surface area contributed by atoms with Gasteiger partial charge in [-0.25, -0.2) is 0 Å². The number of benzene rings is 2. The van der Waals surface area contributed by atoms with Gasteiger partial charge >= 0.3 is 0 Å². The van der Waals surface area contributed by atoms with Gasteiger partial charge in [-0.2, -0.15) is 0 Å². The number of carbonyl (C=O) groups is 1. The summed E-state index contributed by atoms with van der Waals surface area (Å²) < 4.78 is 10.9. The zero-order valence-electron chi connectivity index (χ0n) is 16.0. The van der Waals surface area contributed by atoms with E-state index < -0.39 is 0 Å². The predicted octanol–water partition coefficient (Wildman–Crippen LogP) is 3.38. The molecule has 142 valence electrons. The summed E-state index contributed by atoms with van der Waals surface area (Å²) in [7, 11) is 3.87. The van der Waals surface area contributed by atoms with Gasteiger partial charge in [-0.15, -0.1) is 0 Å². The molecule has 0 aromatic heterocycles. The van der Waals surface area contributed by atoms with Crippen LogP contribution in [0.15, 0.2) is 42.5 Å². The zero-order valence-corrected chi connectivity index (χ0v) is 16.0. The van der Waals surface area contributed by atoms with Gasteiger partial charge in [0.1, 0.15) is 0 Å². The minimum absolute atomic E-state index is 0.118. The fourth-order valence-electron chi connectivity index (χ4n) is 4.02. The van der Waals surface area contributed by atoms with Crippen molar-refractivity contribution in [1.82, 2.24) is 9.80 Å². The summed E-state index contributed by atoms with van der Waals surface area (Å²) in [5.74, 6) is 1.68. The third-order valence-electron chi connectivity index (χ3n) is 5.28. The van der Waals surface area contributed by atoms with E-state index in [1.54, 1.807) is 0 Å². The number of amides is 1. The molecule has 0 saturated carbocycles. The third kappa shape index (κ3) is 3.78. The number of rotatable bonds is 5. The van der Waals surface area contributed by atoms with Gasteiger partial charge in [0.2, 0.25) is 12.7 Å². The van der Waals surface area contributed by atoms with Crippen molar-refractivity contribution >= 4 is 5.91 Å². The molecular formula is C22H26N2O3. The van der Waals surface area contributed by atoms with Crippen molar-refractivity contribution in [2.75, 3.05) is 27.4 Å². The topological polar surface area (TPSA) is 42.0 Å². The van der Waals surface area contributed by atoms with Crippen molar-refractivity contribution in [2.24, 2.45) is 0 Å². The van der Waals surface area contributed by atoms with Crippen LogP contribution in [-0.2, 0) is 17.8 Å². The first kappa shape index (κ1) is 17.9. The Morgan fingerprint density at radius 2 is 1.93 bits per heavy atom. The molecule has 1 aliphatic heterocycles. The number of ether oxygens (including phenoxy) is 2. The Morgan fingerprint density at radius 3 is 2.78 bits per heavy atom. The van der Waals surface area contributed by atoms with Crippen molar-refractivity contribution in [2.45, 2.75) is 31.8 Å². The summed E-state index contributed by atoms with van der Waals surface area (Å²) in [6.07, 6.45) is 3.20. The standard InChI is InChI=1S/C22H26N2O3/c1-23(2)14-22(25)24(13-16-10-11-20-21(12-16)27-15-26-20)19-9-5-7-17-6-3-4-8-18(17)19/h3-4,6,8,10-12,19H,5,7,9,13-15H2,1-2H3/t19-/m1/s1. The number of hydrogen-bond donors (Lipinski definition) is 0. The lowest BCUT2D eigenvalue weighted by molar-refractivity contribution is -0.135.